The van der Waals surface area contributed by atoms with Crippen LogP contribution in [0.2, 0.25) is 0 Å². The lowest BCUT2D eigenvalue weighted by Gasteiger charge is -2.36. The van der Waals surface area contributed by atoms with Gasteiger partial charge in [0.1, 0.15) is 5.75 Å². The fourth-order valence-corrected chi connectivity index (χ4v) is 4.47. The van der Waals surface area contributed by atoms with Gasteiger partial charge in [-0.2, -0.15) is 0 Å². The van der Waals surface area contributed by atoms with Crippen LogP contribution < -0.4 is 10.1 Å². The summed E-state index contributed by atoms with van der Waals surface area (Å²) in [4.78, 5) is 30.7. The Hall–Kier alpha value is -3.41. The first-order valence-corrected chi connectivity index (χ1v) is 10.5. The maximum Gasteiger partial charge on any atom is 0.336 e. The largest absolute Gasteiger partial charge is 0.497 e. The van der Waals surface area contributed by atoms with Crippen LogP contribution in [0.4, 0.5) is 0 Å². The molecule has 0 amide bonds. The number of methoxy groups -OCH3 is 1. The van der Waals surface area contributed by atoms with Gasteiger partial charge in [-0.15, -0.1) is 0 Å². The second-order valence-corrected chi connectivity index (χ2v) is 7.77. The molecule has 0 spiro atoms. The first kappa shape index (κ1) is 20.8. The Morgan fingerprint density at radius 1 is 1.16 bits per heavy atom. The number of ketones is 1. The van der Waals surface area contributed by atoms with E-state index in [1.54, 1.807) is 20.2 Å². The predicted molar refractivity (Wildman–Crippen MR) is 116 cm³/mol. The van der Waals surface area contributed by atoms with Crippen molar-refractivity contribution >= 4 is 11.8 Å². The Labute approximate surface area is 182 Å². The molecule has 2 atom stereocenters. The molecule has 160 valence electrons. The number of aromatic nitrogens is 1. The van der Waals surface area contributed by atoms with Gasteiger partial charge in [-0.1, -0.05) is 18.2 Å². The van der Waals surface area contributed by atoms with Crippen molar-refractivity contribution in [2.24, 2.45) is 0 Å². The van der Waals surface area contributed by atoms with E-state index in [4.69, 9.17) is 9.47 Å². The quantitative estimate of drug-likeness (QED) is 0.739. The third-order valence-electron chi connectivity index (χ3n) is 5.89. The standard InChI is InChI=1S/C25H26N2O4/c1-4-31-25(29)22-15(2)27-20-13-17(16-8-10-18(30-3)11-9-16)14-21(28)23(20)24(22)19-7-5-6-12-26-19/h5-12,17,24,27H,4,13-14H2,1-3H3/t17-,24+/m0/s1. The Kier molecular flexibility index (Phi) is 5.89. The second-order valence-electron chi connectivity index (χ2n) is 7.77. The van der Waals surface area contributed by atoms with Crippen LogP contribution in [0.25, 0.3) is 0 Å². The van der Waals surface area contributed by atoms with Gasteiger partial charge < -0.3 is 14.8 Å². The van der Waals surface area contributed by atoms with E-state index in [9.17, 15) is 9.59 Å². The fourth-order valence-electron chi connectivity index (χ4n) is 4.47. The number of allylic oxidation sites excluding steroid dienone is 3. The number of esters is 1. The Bertz CT molecular complexity index is 1050. The Morgan fingerprint density at radius 3 is 2.58 bits per heavy atom. The zero-order chi connectivity index (χ0) is 22.0. The molecule has 0 fully saturated rings. The van der Waals surface area contributed by atoms with Crippen LogP contribution in [0.1, 0.15) is 49.8 Å². The van der Waals surface area contributed by atoms with Gasteiger partial charge in [0, 0.05) is 29.6 Å². The zero-order valence-corrected chi connectivity index (χ0v) is 18.0. The summed E-state index contributed by atoms with van der Waals surface area (Å²) in [6.07, 6.45) is 2.75. The van der Waals surface area contributed by atoms with Crippen LogP contribution in [-0.4, -0.2) is 30.5 Å². The van der Waals surface area contributed by atoms with Gasteiger partial charge in [0.25, 0.3) is 0 Å². The van der Waals surface area contributed by atoms with E-state index in [1.807, 2.05) is 49.4 Å². The van der Waals surface area contributed by atoms with Gasteiger partial charge in [0.15, 0.2) is 5.78 Å². The van der Waals surface area contributed by atoms with Gasteiger partial charge in [0.05, 0.1) is 30.9 Å². The van der Waals surface area contributed by atoms with Gasteiger partial charge >= 0.3 is 5.97 Å². The number of nitrogens with zero attached hydrogens (tertiary/aromatic N) is 1. The summed E-state index contributed by atoms with van der Waals surface area (Å²) in [5.74, 6) is -0.0687. The minimum atomic E-state index is -0.527. The molecule has 0 saturated heterocycles. The van der Waals surface area contributed by atoms with E-state index in [2.05, 4.69) is 10.3 Å². The van der Waals surface area contributed by atoms with Gasteiger partial charge in [-0.25, -0.2) is 4.79 Å². The molecule has 2 aliphatic rings. The molecule has 2 heterocycles. The van der Waals surface area contributed by atoms with Crippen molar-refractivity contribution in [3.63, 3.8) is 0 Å². The molecular weight excluding hydrogens is 392 g/mol. The summed E-state index contributed by atoms with van der Waals surface area (Å²) in [7, 11) is 1.64. The van der Waals surface area contributed by atoms with Crippen molar-refractivity contribution in [1.29, 1.82) is 0 Å². The number of dihydropyridines is 1. The monoisotopic (exact) mass is 418 g/mol. The molecule has 0 radical (unpaired) electrons. The minimum Gasteiger partial charge on any atom is -0.497 e. The lowest BCUT2D eigenvalue weighted by molar-refractivity contribution is -0.138. The molecule has 31 heavy (non-hydrogen) atoms. The van der Waals surface area contributed by atoms with Crippen molar-refractivity contribution in [3.8, 4) is 5.75 Å². The van der Waals surface area contributed by atoms with Crippen molar-refractivity contribution < 1.29 is 19.1 Å². The Morgan fingerprint density at radius 2 is 1.94 bits per heavy atom. The summed E-state index contributed by atoms with van der Waals surface area (Å²) in [5, 5.41) is 3.35. The van der Waals surface area contributed by atoms with Crippen molar-refractivity contribution in [2.45, 2.75) is 38.5 Å². The van der Waals surface area contributed by atoms with Gasteiger partial charge in [-0.05, 0) is 56.0 Å². The maximum atomic E-state index is 13.4. The van der Waals surface area contributed by atoms with Crippen LogP contribution >= 0.6 is 0 Å². The summed E-state index contributed by atoms with van der Waals surface area (Å²) < 4.78 is 10.6. The zero-order valence-electron chi connectivity index (χ0n) is 18.0. The minimum absolute atomic E-state index is 0.0273. The molecule has 0 unspecified atom stereocenters. The maximum absolute atomic E-state index is 13.4. The first-order valence-electron chi connectivity index (χ1n) is 10.5. The highest BCUT2D eigenvalue weighted by molar-refractivity contribution is 6.04. The summed E-state index contributed by atoms with van der Waals surface area (Å²) in [6, 6.07) is 13.4. The van der Waals surface area contributed by atoms with Crippen LogP contribution in [0.5, 0.6) is 5.75 Å². The third-order valence-corrected chi connectivity index (χ3v) is 5.89. The average molecular weight is 418 g/mol. The lowest BCUT2D eigenvalue weighted by Crippen LogP contribution is -2.36. The topological polar surface area (TPSA) is 77.5 Å². The van der Waals surface area contributed by atoms with Crippen LogP contribution in [0.15, 0.2) is 71.2 Å². The predicted octanol–water partition coefficient (Wildman–Crippen LogP) is 4.01. The number of Topliss-reactive ketones (excluding diaryl/α,β-unsaturated/α-hetero) is 1. The summed E-state index contributed by atoms with van der Waals surface area (Å²) in [6.45, 7) is 3.90. The molecule has 1 aliphatic carbocycles. The first-order chi connectivity index (χ1) is 15.0. The number of hydrogen-bond donors (Lipinski definition) is 1. The molecule has 2 aromatic rings. The molecule has 0 bridgehead atoms. The fraction of sp³-hybridized carbons (Fsp3) is 0.320. The normalized spacial score (nSPS) is 20.8. The summed E-state index contributed by atoms with van der Waals surface area (Å²) in [5.41, 5.74) is 4.41. The molecular formula is C25H26N2O4. The number of carbonyl (C=O) groups excluding carboxylic acids is 2. The highest BCUT2D eigenvalue weighted by Crippen LogP contribution is 2.45. The molecule has 6 nitrogen and oxygen atoms in total. The van der Waals surface area contributed by atoms with Crippen LogP contribution in [-0.2, 0) is 14.3 Å². The molecule has 1 aliphatic heterocycles. The molecule has 1 aromatic heterocycles. The van der Waals surface area contributed by atoms with E-state index in [0.29, 0.717) is 35.4 Å². The smallest absolute Gasteiger partial charge is 0.336 e. The molecule has 0 saturated carbocycles. The summed E-state index contributed by atoms with van der Waals surface area (Å²) >= 11 is 0. The number of benzene rings is 1. The van der Waals surface area contributed by atoms with E-state index >= 15 is 0 Å². The van der Waals surface area contributed by atoms with Crippen molar-refractivity contribution in [3.05, 3.63) is 82.5 Å². The number of hydrogen-bond acceptors (Lipinski definition) is 6. The Balaban J connectivity index is 1.75. The molecule has 4 rings (SSSR count). The highest BCUT2D eigenvalue weighted by atomic mass is 16.5. The van der Waals surface area contributed by atoms with Crippen molar-refractivity contribution in [1.82, 2.24) is 10.3 Å². The number of nitrogens with one attached hydrogen (secondary N) is 1. The molecule has 1 N–H and O–H groups in total. The van der Waals surface area contributed by atoms with Crippen molar-refractivity contribution in [2.75, 3.05) is 13.7 Å². The van der Waals surface area contributed by atoms with E-state index in [-0.39, 0.29) is 18.3 Å². The number of pyridine rings is 1. The average Bonchev–Trinajstić information content (AvgIpc) is 2.78. The molecule has 1 aromatic carbocycles. The molecule has 6 heteroatoms. The number of ether oxygens (including phenoxy) is 2. The van der Waals surface area contributed by atoms with Gasteiger partial charge in [0.2, 0.25) is 0 Å². The van der Waals surface area contributed by atoms with E-state index in [1.165, 1.54) is 0 Å². The number of carbonyl (C=O) groups is 2. The number of rotatable bonds is 5. The highest BCUT2D eigenvalue weighted by Gasteiger charge is 2.41. The van der Waals surface area contributed by atoms with Crippen LogP contribution in [0, 0.1) is 0 Å². The lowest BCUT2D eigenvalue weighted by atomic mass is 9.73. The second kappa shape index (κ2) is 8.76. The van der Waals surface area contributed by atoms with E-state index in [0.717, 1.165) is 17.0 Å². The van der Waals surface area contributed by atoms with Gasteiger partial charge in [-0.3, -0.25) is 9.78 Å². The van der Waals surface area contributed by atoms with Crippen LogP contribution in [0.3, 0.4) is 0 Å². The SMILES string of the molecule is CCOC(=O)C1=C(C)NC2=C(C(=O)C[C@@H](c3ccc(OC)cc3)C2)[C@@H]1c1ccccn1. The van der Waals surface area contributed by atoms with E-state index < -0.39 is 11.9 Å². The third kappa shape index (κ3) is 3.98.